The van der Waals surface area contributed by atoms with Crippen LogP contribution in [0.5, 0.6) is 0 Å². The second-order valence-electron chi connectivity index (χ2n) is 5.26. The van der Waals surface area contributed by atoms with Crippen molar-refractivity contribution < 1.29 is 14.3 Å². The molecular formula is C18H13BrClNO3. The Bertz CT molecular complexity index is 931. The normalized spacial score (nSPS) is 10.8. The molecule has 24 heavy (non-hydrogen) atoms. The highest BCUT2D eigenvalue weighted by molar-refractivity contribution is 9.10. The summed E-state index contributed by atoms with van der Waals surface area (Å²) in [4.78, 5) is 27.7. The maximum atomic E-state index is 12.9. The van der Waals surface area contributed by atoms with Crippen LogP contribution in [0.25, 0.3) is 10.9 Å². The van der Waals surface area contributed by atoms with E-state index in [1.807, 2.05) is 0 Å². The Balaban J connectivity index is 2.14. The molecule has 0 aliphatic rings. The quantitative estimate of drug-likeness (QED) is 0.511. The van der Waals surface area contributed by atoms with E-state index in [2.05, 4.69) is 20.9 Å². The van der Waals surface area contributed by atoms with Gasteiger partial charge in [-0.05, 0) is 36.4 Å². The van der Waals surface area contributed by atoms with Crippen LogP contribution in [0.2, 0.25) is 5.02 Å². The van der Waals surface area contributed by atoms with Crippen LogP contribution in [0.3, 0.4) is 0 Å². The number of ether oxygens (including phenoxy) is 1. The Morgan fingerprint density at radius 2 is 1.88 bits per heavy atom. The van der Waals surface area contributed by atoms with Crippen LogP contribution in [0.4, 0.5) is 0 Å². The van der Waals surface area contributed by atoms with Crippen LogP contribution in [0.1, 0.15) is 21.6 Å². The second kappa shape index (κ2) is 6.79. The molecule has 1 heterocycles. The molecule has 0 spiro atoms. The summed E-state index contributed by atoms with van der Waals surface area (Å²) in [6.45, 7) is 0. The number of nitrogens with one attached hydrogen (secondary N) is 1. The minimum absolute atomic E-state index is 0.00966. The Kier molecular flexibility index (Phi) is 4.73. The van der Waals surface area contributed by atoms with E-state index in [9.17, 15) is 9.59 Å². The third-order valence-corrected chi connectivity index (χ3v) is 4.51. The van der Waals surface area contributed by atoms with Crippen molar-refractivity contribution in [1.29, 1.82) is 0 Å². The number of aromatic amines is 1. The minimum Gasteiger partial charge on any atom is -0.469 e. The summed E-state index contributed by atoms with van der Waals surface area (Å²) in [6.07, 6.45) is 0.00966. The van der Waals surface area contributed by atoms with Gasteiger partial charge in [0.15, 0.2) is 0 Å². The maximum absolute atomic E-state index is 12.9. The summed E-state index contributed by atoms with van der Waals surface area (Å²) in [5.74, 6) is -0.593. The molecule has 0 aliphatic carbocycles. The molecule has 0 atom stereocenters. The third-order valence-electron chi connectivity index (χ3n) is 3.75. The number of halogens is 2. The SMILES string of the molecule is COC(=O)Cc1c(C(=O)c2ccc(Br)cc2)[nH]c2cc(Cl)ccc12. The van der Waals surface area contributed by atoms with E-state index in [0.29, 0.717) is 27.4 Å². The first-order chi connectivity index (χ1) is 11.5. The predicted octanol–water partition coefficient (Wildman–Crippen LogP) is 4.53. The van der Waals surface area contributed by atoms with E-state index in [4.69, 9.17) is 16.3 Å². The van der Waals surface area contributed by atoms with Gasteiger partial charge in [-0.1, -0.05) is 33.6 Å². The van der Waals surface area contributed by atoms with Gasteiger partial charge >= 0.3 is 5.97 Å². The Hall–Kier alpha value is -2.11. The molecule has 0 saturated carbocycles. The van der Waals surface area contributed by atoms with Crippen molar-refractivity contribution in [3.8, 4) is 0 Å². The van der Waals surface area contributed by atoms with E-state index < -0.39 is 5.97 Å². The molecule has 0 saturated heterocycles. The highest BCUT2D eigenvalue weighted by atomic mass is 79.9. The Morgan fingerprint density at radius 3 is 2.54 bits per heavy atom. The standard InChI is InChI=1S/C18H13BrClNO3/c1-24-16(22)9-14-13-7-6-12(20)8-15(13)21-17(14)18(23)10-2-4-11(19)5-3-10/h2-8,21H,9H2,1H3. The van der Waals surface area contributed by atoms with Crippen LogP contribution >= 0.6 is 27.5 Å². The van der Waals surface area contributed by atoms with Gasteiger partial charge in [-0.3, -0.25) is 9.59 Å². The van der Waals surface area contributed by atoms with Crippen LogP contribution in [0, 0.1) is 0 Å². The number of H-pyrrole nitrogens is 1. The zero-order valence-electron chi connectivity index (χ0n) is 12.7. The number of carbonyl (C=O) groups is 2. The van der Waals surface area contributed by atoms with E-state index in [1.165, 1.54) is 7.11 Å². The fourth-order valence-corrected chi connectivity index (χ4v) is 3.00. The predicted molar refractivity (Wildman–Crippen MR) is 96.6 cm³/mol. The van der Waals surface area contributed by atoms with Crippen LogP contribution in [-0.2, 0) is 16.0 Å². The van der Waals surface area contributed by atoms with Crippen LogP contribution in [-0.4, -0.2) is 23.8 Å². The number of fused-ring (bicyclic) bond motifs is 1. The average molecular weight is 407 g/mol. The molecule has 0 aliphatic heterocycles. The fourth-order valence-electron chi connectivity index (χ4n) is 2.57. The monoisotopic (exact) mass is 405 g/mol. The number of esters is 1. The third kappa shape index (κ3) is 3.23. The van der Waals surface area contributed by atoms with Gasteiger partial charge in [0.2, 0.25) is 5.78 Å². The molecule has 0 unspecified atom stereocenters. The molecule has 122 valence electrons. The second-order valence-corrected chi connectivity index (χ2v) is 6.61. The molecule has 0 fully saturated rings. The number of methoxy groups -OCH3 is 1. The van der Waals surface area contributed by atoms with Gasteiger partial charge in [-0.2, -0.15) is 0 Å². The maximum Gasteiger partial charge on any atom is 0.310 e. The first-order valence-electron chi connectivity index (χ1n) is 7.17. The summed E-state index contributed by atoms with van der Waals surface area (Å²) < 4.78 is 5.64. The Labute approximate surface area is 151 Å². The topological polar surface area (TPSA) is 59.2 Å². The van der Waals surface area contributed by atoms with Gasteiger partial charge in [-0.15, -0.1) is 0 Å². The summed E-state index contributed by atoms with van der Waals surface area (Å²) in [6, 6.07) is 12.3. The number of hydrogen-bond donors (Lipinski definition) is 1. The summed E-state index contributed by atoms with van der Waals surface area (Å²) in [7, 11) is 1.32. The molecule has 4 nitrogen and oxygen atoms in total. The smallest absolute Gasteiger partial charge is 0.310 e. The average Bonchev–Trinajstić information content (AvgIpc) is 2.92. The van der Waals surface area contributed by atoms with E-state index >= 15 is 0 Å². The van der Waals surface area contributed by atoms with Crippen LogP contribution in [0.15, 0.2) is 46.9 Å². The number of rotatable bonds is 4. The first-order valence-corrected chi connectivity index (χ1v) is 8.34. The van der Waals surface area contributed by atoms with Gasteiger partial charge in [-0.25, -0.2) is 0 Å². The lowest BCUT2D eigenvalue weighted by atomic mass is 10.0. The first kappa shape index (κ1) is 16.7. The highest BCUT2D eigenvalue weighted by Crippen LogP contribution is 2.28. The largest absolute Gasteiger partial charge is 0.469 e. The zero-order chi connectivity index (χ0) is 17.3. The molecular weight excluding hydrogens is 394 g/mol. The molecule has 1 aromatic heterocycles. The number of ketones is 1. The number of carbonyl (C=O) groups excluding carboxylic acids is 2. The molecule has 0 bridgehead atoms. The van der Waals surface area contributed by atoms with Gasteiger partial charge in [0.05, 0.1) is 19.2 Å². The van der Waals surface area contributed by atoms with Gasteiger partial charge < -0.3 is 9.72 Å². The minimum atomic E-state index is -0.407. The van der Waals surface area contributed by atoms with Crippen molar-refractivity contribution in [2.45, 2.75) is 6.42 Å². The molecule has 3 rings (SSSR count). The van der Waals surface area contributed by atoms with Crippen molar-refractivity contribution in [1.82, 2.24) is 4.98 Å². The van der Waals surface area contributed by atoms with Crippen molar-refractivity contribution in [2.75, 3.05) is 7.11 Å². The molecule has 2 aromatic carbocycles. The summed E-state index contributed by atoms with van der Waals surface area (Å²) >= 11 is 9.37. The van der Waals surface area contributed by atoms with Crippen molar-refractivity contribution in [2.24, 2.45) is 0 Å². The van der Waals surface area contributed by atoms with E-state index in [1.54, 1.807) is 42.5 Å². The van der Waals surface area contributed by atoms with Crippen molar-refractivity contribution in [3.63, 3.8) is 0 Å². The molecule has 0 amide bonds. The molecule has 1 N–H and O–H groups in total. The highest BCUT2D eigenvalue weighted by Gasteiger charge is 2.21. The Morgan fingerprint density at radius 1 is 1.17 bits per heavy atom. The lowest BCUT2D eigenvalue weighted by molar-refractivity contribution is -0.139. The molecule has 0 radical (unpaired) electrons. The molecule has 3 aromatic rings. The van der Waals surface area contributed by atoms with E-state index in [-0.39, 0.29) is 12.2 Å². The van der Waals surface area contributed by atoms with E-state index in [0.717, 1.165) is 9.86 Å². The molecule has 6 heteroatoms. The lowest BCUT2D eigenvalue weighted by Crippen LogP contribution is -2.10. The summed E-state index contributed by atoms with van der Waals surface area (Å²) in [5, 5.41) is 1.33. The van der Waals surface area contributed by atoms with Gasteiger partial charge in [0, 0.05) is 31.5 Å². The van der Waals surface area contributed by atoms with Crippen molar-refractivity contribution in [3.05, 3.63) is 68.8 Å². The summed E-state index contributed by atoms with van der Waals surface area (Å²) in [5.41, 5.74) is 2.23. The van der Waals surface area contributed by atoms with Gasteiger partial charge in [0.1, 0.15) is 0 Å². The fraction of sp³-hybridized carbons (Fsp3) is 0.111. The van der Waals surface area contributed by atoms with Crippen molar-refractivity contribution >= 4 is 50.2 Å². The van der Waals surface area contributed by atoms with Crippen LogP contribution < -0.4 is 0 Å². The zero-order valence-corrected chi connectivity index (χ0v) is 15.1. The lowest BCUT2D eigenvalue weighted by Gasteiger charge is -2.04. The van der Waals surface area contributed by atoms with Gasteiger partial charge in [0.25, 0.3) is 0 Å². The number of benzene rings is 2. The number of aromatic nitrogens is 1. The number of hydrogen-bond acceptors (Lipinski definition) is 3.